The van der Waals surface area contributed by atoms with Crippen molar-refractivity contribution >= 4 is 22.7 Å². The number of nitrogens with two attached hydrogens (primary N) is 1. The SMILES string of the molecule is NC(=O)C1CCCN(CCCNC(=O)CCc2nc3ccccc3c(=O)[nH]2)C1. The molecule has 2 amide bonds. The Bertz CT molecular complexity index is 895. The lowest BCUT2D eigenvalue weighted by Crippen LogP contribution is -2.42. The number of nitrogens with zero attached hydrogens (tertiary/aromatic N) is 2. The van der Waals surface area contributed by atoms with Crippen LogP contribution in [0.4, 0.5) is 0 Å². The van der Waals surface area contributed by atoms with Crippen LogP contribution in [-0.4, -0.2) is 52.9 Å². The van der Waals surface area contributed by atoms with Crippen LogP contribution in [0.2, 0.25) is 0 Å². The summed E-state index contributed by atoms with van der Waals surface area (Å²) in [6.45, 7) is 3.10. The van der Waals surface area contributed by atoms with Crippen molar-refractivity contribution in [1.29, 1.82) is 0 Å². The number of carbonyl (C=O) groups excluding carboxylic acids is 2. The van der Waals surface area contributed by atoms with Crippen LogP contribution in [0.25, 0.3) is 10.9 Å². The van der Waals surface area contributed by atoms with Crippen molar-refractivity contribution in [3.63, 3.8) is 0 Å². The standard InChI is InChI=1S/C20H27N5O3/c21-19(27)14-5-3-11-25(13-14)12-4-10-22-18(26)9-8-17-23-16-7-2-1-6-15(16)20(28)24-17/h1-2,6-7,14H,3-5,8-13H2,(H2,21,27)(H,22,26)(H,23,24,28). The topological polar surface area (TPSA) is 121 Å². The van der Waals surface area contributed by atoms with Crippen molar-refractivity contribution in [1.82, 2.24) is 20.2 Å². The number of H-pyrrole nitrogens is 1. The van der Waals surface area contributed by atoms with Crippen LogP contribution in [0.1, 0.15) is 31.5 Å². The molecular weight excluding hydrogens is 358 g/mol. The quantitative estimate of drug-likeness (QED) is 0.573. The number of para-hydroxylation sites is 1. The number of aryl methyl sites for hydroxylation is 1. The molecule has 1 aliphatic rings. The molecule has 8 nitrogen and oxygen atoms in total. The van der Waals surface area contributed by atoms with Gasteiger partial charge in [-0.3, -0.25) is 14.4 Å². The number of carbonyl (C=O) groups is 2. The first-order valence-corrected chi connectivity index (χ1v) is 9.79. The highest BCUT2D eigenvalue weighted by molar-refractivity contribution is 5.78. The third kappa shape index (κ3) is 5.39. The first kappa shape index (κ1) is 20.0. The number of hydrogen-bond acceptors (Lipinski definition) is 5. The summed E-state index contributed by atoms with van der Waals surface area (Å²) < 4.78 is 0. The zero-order valence-electron chi connectivity index (χ0n) is 15.9. The van der Waals surface area contributed by atoms with Crippen molar-refractivity contribution in [3.05, 3.63) is 40.4 Å². The lowest BCUT2D eigenvalue weighted by Gasteiger charge is -2.31. The minimum atomic E-state index is -0.224. The average molecular weight is 385 g/mol. The Balaban J connectivity index is 1.38. The second kappa shape index (κ2) is 9.45. The van der Waals surface area contributed by atoms with Gasteiger partial charge in [0, 0.05) is 25.9 Å². The molecule has 1 aromatic carbocycles. The molecule has 8 heteroatoms. The van der Waals surface area contributed by atoms with Gasteiger partial charge in [-0.15, -0.1) is 0 Å². The van der Waals surface area contributed by atoms with Crippen molar-refractivity contribution in [3.8, 4) is 0 Å². The van der Waals surface area contributed by atoms with E-state index in [4.69, 9.17) is 5.73 Å². The predicted octanol–water partition coefficient (Wildman–Crippen LogP) is 0.559. The van der Waals surface area contributed by atoms with Gasteiger partial charge in [0.15, 0.2) is 0 Å². The average Bonchev–Trinajstić information content (AvgIpc) is 2.70. The van der Waals surface area contributed by atoms with Gasteiger partial charge in [-0.1, -0.05) is 12.1 Å². The number of hydrogen-bond donors (Lipinski definition) is 3. The molecule has 1 atom stereocenters. The third-order valence-electron chi connectivity index (χ3n) is 5.13. The first-order chi connectivity index (χ1) is 13.5. The summed E-state index contributed by atoms with van der Waals surface area (Å²) in [5.41, 5.74) is 5.85. The molecule has 3 rings (SSSR count). The normalized spacial score (nSPS) is 17.5. The van der Waals surface area contributed by atoms with E-state index in [1.807, 2.05) is 6.07 Å². The number of benzene rings is 1. The number of amides is 2. The Morgan fingerprint density at radius 3 is 2.96 bits per heavy atom. The number of primary amides is 1. The number of likely N-dealkylation sites (tertiary alicyclic amines) is 1. The molecule has 28 heavy (non-hydrogen) atoms. The summed E-state index contributed by atoms with van der Waals surface area (Å²) in [7, 11) is 0. The van der Waals surface area contributed by atoms with Crippen LogP contribution in [0.15, 0.2) is 29.1 Å². The molecule has 2 heterocycles. The summed E-state index contributed by atoms with van der Waals surface area (Å²) >= 11 is 0. The minimum Gasteiger partial charge on any atom is -0.369 e. The van der Waals surface area contributed by atoms with Gasteiger partial charge in [-0.05, 0) is 44.5 Å². The Hall–Kier alpha value is -2.74. The molecule has 2 aromatic rings. The van der Waals surface area contributed by atoms with Gasteiger partial charge < -0.3 is 20.9 Å². The maximum absolute atomic E-state index is 12.1. The van der Waals surface area contributed by atoms with E-state index in [0.29, 0.717) is 36.2 Å². The van der Waals surface area contributed by atoms with Crippen LogP contribution in [0.3, 0.4) is 0 Å². The molecular formula is C20H27N5O3. The van der Waals surface area contributed by atoms with Crippen molar-refractivity contribution < 1.29 is 9.59 Å². The van der Waals surface area contributed by atoms with E-state index in [1.165, 1.54) is 0 Å². The zero-order chi connectivity index (χ0) is 19.9. The van der Waals surface area contributed by atoms with Crippen molar-refractivity contribution in [2.75, 3.05) is 26.2 Å². The Labute approximate surface area is 163 Å². The van der Waals surface area contributed by atoms with Crippen LogP contribution in [-0.2, 0) is 16.0 Å². The van der Waals surface area contributed by atoms with Gasteiger partial charge >= 0.3 is 0 Å². The highest BCUT2D eigenvalue weighted by Gasteiger charge is 2.23. The fraction of sp³-hybridized carbons (Fsp3) is 0.500. The first-order valence-electron chi connectivity index (χ1n) is 9.79. The molecule has 0 bridgehead atoms. The summed E-state index contributed by atoms with van der Waals surface area (Å²) in [4.78, 5) is 44.8. The lowest BCUT2D eigenvalue weighted by molar-refractivity contribution is -0.123. The molecule has 1 aromatic heterocycles. The second-order valence-electron chi connectivity index (χ2n) is 7.28. The predicted molar refractivity (Wildman–Crippen MR) is 107 cm³/mol. The van der Waals surface area contributed by atoms with Gasteiger partial charge in [0.1, 0.15) is 5.82 Å². The molecule has 1 saturated heterocycles. The molecule has 1 unspecified atom stereocenters. The smallest absolute Gasteiger partial charge is 0.258 e. The van der Waals surface area contributed by atoms with E-state index in [1.54, 1.807) is 18.2 Å². The number of aromatic amines is 1. The van der Waals surface area contributed by atoms with Gasteiger partial charge in [0.2, 0.25) is 11.8 Å². The summed E-state index contributed by atoms with van der Waals surface area (Å²) in [5.74, 6) is 0.174. The van der Waals surface area contributed by atoms with E-state index in [0.717, 1.165) is 32.4 Å². The number of nitrogens with one attached hydrogen (secondary N) is 2. The van der Waals surface area contributed by atoms with Crippen LogP contribution < -0.4 is 16.6 Å². The summed E-state index contributed by atoms with van der Waals surface area (Å²) in [6, 6.07) is 7.15. The number of rotatable bonds is 8. The lowest BCUT2D eigenvalue weighted by atomic mass is 9.97. The van der Waals surface area contributed by atoms with Crippen LogP contribution in [0, 0.1) is 5.92 Å². The Kier molecular flexibility index (Phi) is 6.76. The summed E-state index contributed by atoms with van der Waals surface area (Å²) in [5, 5.41) is 3.45. The molecule has 0 aliphatic carbocycles. The second-order valence-corrected chi connectivity index (χ2v) is 7.28. The maximum Gasteiger partial charge on any atom is 0.258 e. The van der Waals surface area contributed by atoms with E-state index in [2.05, 4.69) is 20.2 Å². The van der Waals surface area contributed by atoms with Crippen molar-refractivity contribution in [2.24, 2.45) is 11.7 Å². The number of fused-ring (bicyclic) bond motifs is 1. The maximum atomic E-state index is 12.1. The van der Waals surface area contributed by atoms with Crippen molar-refractivity contribution in [2.45, 2.75) is 32.1 Å². The van der Waals surface area contributed by atoms with E-state index in [-0.39, 0.29) is 29.7 Å². The van der Waals surface area contributed by atoms with E-state index < -0.39 is 0 Å². The number of piperidine rings is 1. The Morgan fingerprint density at radius 2 is 2.14 bits per heavy atom. The van der Waals surface area contributed by atoms with Gasteiger partial charge in [0.05, 0.1) is 16.8 Å². The van der Waals surface area contributed by atoms with Gasteiger partial charge in [0.25, 0.3) is 5.56 Å². The molecule has 1 aliphatic heterocycles. The van der Waals surface area contributed by atoms with E-state index >= 15 is 0 Å². The molecule has 0 radical (unpaired) electrons. The van der Waals surface area contributed by atoms with Gasteiger partial charge in [-0.25, -0.2) is 4.98 Å². The monoisotopic (exact) mass is 385 g/mol. The van der Waals surface area contributed by atoms with Crippen LogP contribution in [0.5, 0.6) is 0 Å². The molecule has 0 saturated carbocycles. The zero-order valence-corrected chi connectivity index (χ0v) is 15.9. The van der Waals surface area contributed by atoms with Gasteiger partial charge in [-0.2, -0.15) is 0 Å². The fourth-order valence-electron chi connectivity index (χ4n) is 3.59. The third-order valence-corrected chi connectivity index (χ3v) is 5.13. The molecule has 4 N–H and O–H groups in total. The Morgan fingerprint density at radius 1 is 1.32 bits per heavy atom. The molecule has 150 valence electrons. The minimum absolute atomic E-state index is 0.0556. The molecule has 0 spiro atoms. The molecule has 1 fully saturated rings. The largest absolute Gasteiger partial charge is 0.369 e. The fourth-order valence-corrected chi connectivity index (χ4v) is 3.59. The summed E-state index contributed by atoms with van der Waals surface area (Å²) in [6.07, 6.45) is 3.33. The highest BCUT2D eigenvalue weighted by Crippen LogP contribution is 2.15. The number of aromatic nitrogens is 2. The van der Waals surface area contributed by atoms with Crippen LogP contribution >= 0.6 is 0 Å². The van der Waals surface area contributed by atoms with E-state index in [9.17, 15) is 14.4 Å². The highest BCUT2D eigenvalue weighted by atomic mass is 16.2.